The Kier molecular flexibility index (Phi) is 6.93. The quantitative estimate of drug-likeness (QED) is 0.346. The number of hydrazone groups is 1. The number of hydrogen-bond acceptors (Lipinski definition) is 5. The van der Waals surface area contributed by atoms with E-state index in [9.17, 15) is 9.59 Å². The van der Waals surface area contributed by atoms with Gasteiger partial charge in [0.1, 0.15) is 18.1 Å². The minimum Gasteiger partial charge on any atom is -0.497 e. The highest BCUT2D eigenvalue weighted by atomic mass is 16.5. The molecule has 7 nitrogen and oxygen atoms in total. The number of carbonyl (C=O) groups excluding carboxylic acids is 2. The van der Waals surface area contributed by atoms with E-state index < -0.39 is 11.8 Å². The van der Waals surface area contributed by atoms with Crippen LogP contribution in [0.3, 0.4) is 0 Å². The summed E-state index contributed by atoms with van der Waals surface area (Å²) in [5, 5.41) is 6.22. The first-order valence-electron chi connectivity index (χ1n) is 7.74. The molecule has 0 aliphatic carbocycles. The van der Waals surface area contributed by atoms with Gasteiger partial charge in [0.05, 0.1) is 13.3 Å². The number of nitrogens with one attached hydrogen (secondary N) is 2. The minimum atomic E-state index is -0.872. The zero-order valence-corrected chi connectivity index (χ0v) is 14.3. The Morgan fingerprint density at radius 3 is 2.31 bits per heavy atom. The summed E-state index contributed by atoms with van der Waals surface area (Å²) in [6.45, 7) is 4.00. The van der Waals surface area contributed by atoms with Crippen LogP contribution in [-0.4, -0.2) is 31.7 Å². The van der Waals surface area contributed by atoms with Gasteiger partial charge in [0.2, 0.25) is 0 Å². The average Bonchev–Trinajstić information content (AvgIpc) is 2.67. The maximum absolute atomic E-state index is 11.8. The van der Waals surface area contributed by atoms with E-state index in [1.54, 1.807) is 61.7 Å². The molecule has 0 saturated heterocycles. The zero-order chi connectivity index (χ0) is 18.8. The standard InChI is InChI=1S/C19H19N3O4/c1-3-12-26-17-8-4-14(5-9-17)13-20-22-19(24)18(23)21-15-6-10-16(25-2)11-7-15/h3-11,13H,1,12H2,2H3,(H,21,23)(H,22,24). The predicted molar refractivity (Wildman–Crippen MR) is 99.5 cm³/mol. The SMILES string of the molecule is C=CCOc1ccc(C=NNC(=O)C(=O)Nc2ccc(OC)cc2)cc1. The molecule has 2 amide bonds. The Bertz CT molecular complexity index is 783. The van der Waals surface area contributed by atoms with Gasteiger partial charge in [-0.05, 0) is 54.1 Å². The van der Waals surface area contributed by atoms with Crippen LogP contribution in [0.2, 0.25) is 0 Å². The van der Waals surface area contributed by atoms with Crippen LogP contribution in [0.1, 0.15) is 5.56 Å². The molecular weight excluding hydrogens is 334 g/mol. The van der Waals surface area contributed by atoms with Gasteiger partial charge >= 0.3 is 11.8 Å². The van der Waals surface area contributed by atoms with Gasteiger partial charge in [-0.15, -0.1) is 0 Å². The molecule has 0 radical (unpaired) electrons. The molecule has 0 saturated carbocycles. The van der Waals surface area contributed by atoms with Crippen LogP contribution in [0.4, 0.5) is 5.69 Å². The minimum absolute atomic E-state index is 0.423. The molecular formula is C19H19N3O4. The van der Waals surface area contributed by atoms with Crippen molar-refractivity contribution in [1.82, 2.24) is 5.43 Å². The Labute approximate surface area is 151 Å². The number of carbonyl (C=O) groups is 2. The van der Waals surface area contributed by atoms with Gasteiger partial charge in [-0.3, -0.25) is 9.59 Å². The van der Waals surface area contributed by atoms with Gasteiger partial charge in [-0.25, -0.2) is 5.43 Å². The van der Waals surface area contributed by atoms with Gasteiger partial charge in [-0.2, -0.15) is 5.10 Å². The van der Waals surface area contributed by atoms with Crippen molar-refractivity contribution in [3.63, 3.8) is 0 Å². The molecule has 0 heterocycles. The zero-order valence-electron chi connectivity index (χ0n) is 14.3. The van der Waals surface area contributed by atoms with Gasteiger partial charge in [0, 0.05) is 5.69 Å². The molecule has 7 heteroatoms. The molecule has 0 atom stereocenters. The Balaban J connectivity index is 1.83. The van der Waals surface area contributed by atoms with Crippen molar-refractivity contribution < 1.29 is 19.1 Å². The Morgan fingerprint density at radius 2 is 1.69 bits per heavy atom. The van der Waals surface area contributed by atoms with Crippen LogP contribution >= 0.6 is 0 Å². The van der Waals surface area contributed by atoms with E-state index in [1.807, 2.05) is 0 Å². The summed E-state index contributed by atoms with van der Waals surface area (Å²) in [4.78, 5) is 23.5. The van der Waals surface area contributed by atoms with Crippen LogP contribution in [0.15, 0.2) is 66.3 Å². The lowest BCUT2D eigenvalue weighted by Gasteiger charge is -2.05. The largest absolute Gasteiger partial charge is 0.497 e. The molecule has 26 heavy (non-hydrogen) atoms. The molecule has 0 spiro atoms. The van der Waals surface area contributed by atoms with Gasteiger partial charge in [0.15, 0.2) is 0 Å². The number of anilines is 1. The van der Waals surface area contributed by atoms with E-state index in [1.165, 1.54) is 6.21 Å². The fourth-order valence-corrected chi connectivity index (χ4v) is 1.88. The molecule has 2 rings (SSSR count). The Morgan fingerprint density at radius 1 is 1.04 bits per heavy atom. The summed E-state index contributed by atoms with van der Waals surface area (Å²) in [6.07, 6.45) is 3.08. The van der Waals surface area contributed by atoms with Gasteiger partial charge < -0.3 is 14.8 Å². The third kappa shape index (κ3) is 5.79. The molecule has 0 bridgehead atoms. The third-order valence-electron chi connectivity index (χ3n) is 3.18. The number of benzene rings is 2. The second-order valence-corrected chi connectivity index (χ2v) is 5.05. The summed E-state index contributed by atoms with van der Waals surface area (Å²) >= 11 is 0. The lowest BCUT2D eigenvalue weighted by atomic mass is 10.2. The van der Waals surface area contributed by atoms with Crippen molar-refractivity contribution in [3.8, 4) is 11.5 Å². The highest BCUT2D eigenvalue weighted by Crippen LogP contribution is 2.14. The van der Waals surface area contributed by atoms with Crippen molar-refractivity contribution in [1.29, 1.82) is 0 Å². The second kappa shape index (κ2) is 9.63. The summed E-state index contributed by atoms with van der Waals surface area (Å²) in [5.74, 6) is -0.341. The number of rotatable bonds is 7. The van der Waals surface area contributed by atoms with Crippen LogP contribution in [0.25, 0.3) is 0 Å². The van der Waals surface area contributed by atoms with Gasteiger partial charge in [-0.1, -0.05) is 12.7 Å². The van der Waals surface area contributed by atoms with Crippen LogP contribution in [0, 0.1) is 0 Å². The number of nitrogens with zero attached hydrogens (tertiary/aromatic N) is 1. The number of ether oxygens (including phenoxy) is 2. The molecule has 134 valence electrons. The molecule has 0 aromatic heterocycles. The molecule has 0 aliphatic rings. The van der Waals surface area contributed by atoms with Crippen LogP contribution < -0.4 is 20.2 Å². The monoisotopic (exact) mass is 353 g/mol. The molecule has 2 aromatic carbocycles. The first-order chi connectivity index (χ1) is 12.6. The number of hydrogen-bond donors (Lipinski definition) is 2. The lowest BCUT2D eigenvalue weighted by Crippen LogP contribution is -2.32. The first-order valence-corrected chi connectivity index (χ1v) is 7.74. The molecule has 0 unspecified atom stereocenters. The highest BCUT2D eigenvalue weighted by Gasteiger charge is 2.12. The van der Waals surface area contributed by atoms with E-state index >= 15 is 0 Å². The topological polar surface area (TPSA) is 89.0 Å². The smallest absolute Gasteiger partial charge is 0.329 e. The van der Waals surface area contributed by atoms with Crippen molar-refractivity contribution in [2.24, 2.45) is 5.10 Å². The van der Waals surface area contributed by atoms with Crippen molar-refractivity contribution >= 4 is 23.7 Å². The fourth-order valence-electron chi connectivity index (χ4n) is 1.88. The molecule has 0 aliphatic heterocycles. The van der Waals surface area contributed by atoms with Crippen molar-refractivity contribution in [2.75, 3.05) is 19.0 Å². The predicted octanol–water partition coefficient (Wildman–Crippen LogP) is 2.35. The lowest BCUT2D eigenvalue weighted by molar-refractivity contribution is -0.136. The molecule has 2 aromatic rings. The number of methoxy groups -OCH3 is 1. The maximum Gasteiger partial charge on any atom is 0.329 e. The van der Waals surface area contributed by atoms with E-state index in [2.05, 4.69) is 22.4 Å². The maximum atomic E-state index is 11.8. The van der Waals surface area contributed by atoms with E-state index in [0.717, 1.165) is 5.56 Å². The Hall–Kier alpha value is -3.61. The molecule has 2 N–H and O–H groups in total. The highest BCUT2D eigenvalue weighted by molar-refractivity contribution is 6.39. The molecule has 0 fully saturated rings. The van der Waals surface area contributed by atoms with Crippen LogP contribution in [0.5, 0.6) is 11.5 Å². The number of amides is 2. The summed E-state index contributed by atoms with van der Waals surface area (Å²) < 4.78 is 10.4. The summed E-state index contributed by atoms with van der Waals surface area (Å²) in [5.41, 5.74) is 3.39. The normalized spacial score (nSPS) is 10.2. The first kappa shape index (κ1) is 18.7. The van der Waals surface area contributed by atoms with Crippen LogP contribution in [-0.2, 0) is 9.59 Å². The summed E-state index contributed by atoms with van der Waals surface area (Å²) in [7, 11) is 1.54. The third-order valence-corrected chi connectivity index (χ3v) is 3.18. The fraction of sp³-hybridized carbons (Fsp3) is 0.105. The second-order valence-electron chi connectivity index (χ2n) is 5.05. The average molecular weight is 353 g/mol. The van der Waals surface area contributed by atoms with Crippen molar-refractivity contribution in [3.05, 3.63) is 66.7 Å². The van der Waals surface area contributed by atoms with E-state index in [-0.39, 0.29) is 0 Å². The van der Waals surface area contributed by atoms with E-state index in [0.29, 0.717) is 23.8 Å². The van der Waals surface area contributed by atoms with Gasteiger partial charge in [0.25, 0.3) is 0 Å². The van der Waals surface area contributed by atoms with Crippen molar-refractivity contribution in [2.45, 2.75) is 0 Å². The van der Waals surface area contributed by atoms with E-state index in [4.69, 9.17) is 9.47 Å². The summed E-state index contributed by atoms with van der Waals surface area (Å²) in [6, 6.07) is 13.7.